The van der Waals surface area contributed by atoms with Gasteiger partial charge in [0.15, 0.2) is 0 Å². The van der Waals surface area contributed by atoms with Crippen molar-refractivity contribution in [2.75, 3.05) is 7.11 Å². The van der Waals surface area contributed by atoms with Gasteiger partial charge >= 0.3 is 11.5 Å². The Morgan fingerprint density at radius 1 is 1.39 bits per heavy atom. The zero-order chi connectivity index (χ0) is 17.0. The number of alkyl halides is 3. The van der Waals surface area contributed by atoms with E-state index in [1.54, 1.807) is 6.07 Å². The molecule has 0 amide bonds. The lowest BCUT2D eigenvalue weighted by Crippen LogP contribution is -2.09. The molecule has 0 N–H and O–H groups in total. The summed E-state index contributed by atoms with van der Waals surface area (Å²) in [6.45, 7) is -0.0812. The van der Waals surface area contributed by atoms with Gasteiger partial charge in [0.2, 0.25) is 0 Å². The van der Waals surface area contributed by atoms with Gasteiger partial charge in [-0.05, 0) is 29.5 Å². The molecule has 23 heavy (non-hydrogen) atoms. The van der Waals surface area contributed by atoms with Gasteiger partial charge in [-0.1, -0.05) is 12.1 Å². The number of aromatic nitrogens is 1. The van der Waals surface area contributed by atoms with Crippen LogP contribution in [0.1, 0.15) is 5.56 Å². The molecule has 0 atom stereocenters. The number of benzene rings is 1. The second-order valence-electron chi connectivity index (χ2n) is 4.52. The molecule has 1 aromatic heterocycles. The lowest BCUT2D eigenvalue weighted by atomic mass is 10.1. The summed E-state index contributed by atoms with van der Waals surface area (Å²) in [4.78, 5) is 11.3. The number of esters is 1. The van der Waals surface area contributed by atoms with Crippen molar-refractivity contribution in [2.24, 2.45) is 0 Å². The van der Waals surface area contributed by atoms with Crippen LogP contribution in [0.3, 0.4) is 0 Å². The molecule has 0 aliphatic heterocycles. The number of thioether (sulfide) groups is 1. The number of halogens is 3. The maximum Gasteiger partial charge on any atom is 0.446 e. The summed E-state index contributed by atoms with van der Waals surface area (Å²) in [5, 5.41) is 9.18. The number of methoxy groups -OCH3 is 1. The fraction of sp³-hybridized carbons (Fsp3) is 0.200. The molecule has 8 heteroatoms. The molecule has 1 aromatic carbocycles. The van der Waals surface area contributed by atoms with E-state index >= 15 is 0 Å². The van der Waals surface area contributed by atoms with Crippen molar-refractivity contribution in [1.82, 2.24) is 4.57 Å². The van der Waals surface area contributed by atoms with Crippen LogP contribution in [0.25, 0.3) is 11.1 Å². The molecule has 2 rings (SSSR count). The Morgan fingerprint density at radius 3 is 2.74 bits per heavy atom. The first-order valence-corrected chi connectivity index (χ1v) is 7.17. The maximum absolute atomic E-state index is 12.5. The number of carbonyl (C=O) groups excluding carboxylic acids is 1. The van der Waals surface area contributed by atoms with Gasteiger partial charge in [-0.3, -0.25) is 4.79 Å². The minimum absolute atomic E-state index is 0.0274. The summed E-state index contributed by atoms with van der Waals surface area (Å²) in [5.74, 6) is -0.489. The van der Waals surface area contributed by atoms with Crippen LogP contribution in [-0.4, -0.2) is 23.2 Å². The monoisotopic (exact) mass is 340 g/mol. The van der Waals surface area contributed by atoms with E-state index in [2.05, 4.69) is 4.74 Å². The number of rotatable bonds is 4. The van der Waals surface area contributed by atoms with Crippen LogP contribution in [0.15, 0.2) is 41.6 Å². The molecular formula is C15H11F3N2O2S. The summed E-state index contributed by atoms with van der Waals surface area (Å²) in [6.07, 6.45) is 2.99. The summed E-state index contributed by atoms with van der Waals surface area (Å²) in [7, 11) is 1.25. The van der Waals surface area contributed by atoms with E-state index in [1.165, 1.54) is 42.3 Å². The fourth-order valence-electron chi connectivity index (χ4n) is 1.99. The van der Waals surface area contributed by atoms with E-state index in [9.17, 15) is 23.2 Å². The average molecular weight is 340 g/mol. The van der Waals surface area contributed by atoms with Crippen molar-refractivity contribution in [1.29, 1.82) is 5.26 Å². The molecule has 0 saturated carbocycles. The second-order valence-corrected chi connectivity index (χ2v) is 5.66. The van der Waals surface area contributed by atoms with E-state index in [0.29, 0.717) is 11.1 Å². The van der Waals surface area contributed by atoms with E-state index in [0.717, 1.165) is 0 Å². The minimum Gasteiger partial charge on any atom is -0.468 e. The molecule has 0 unspecified atom stereocenters. The molecule has 1 heterocycles. The molecule has 0 aliphatic rings. The summed E-state index contributed by atoms with van der Waals surface area (Å²) < 4.78 is 43.4. The molecule has 4 nitrogen and oxygen atoms in total. The predicted molar refractivity (Wildman–Crippen MR) is 78.5 cm³/mol. The molecule has 120 valence electrons. The summed E-state index contributed by atoms with van der Waals surface area (Å²) in [6, 6.07) is 7.77. The van der Waals surface area contributed by atoms with Crippen molar-refractivity contribution in [2.45, 2.75) is 16.9 Å². The third kappa shape index (κ3) is 4.53. The largest absolute Gasteiger partial charge is 0.468 e. The first-order valence-electron chi connectivity index (χ1n) is 6.35. The van der Waals surface area contributed by atoms with E-state index in [1.807, 2.05) is 6.07 Å². The van der Waals surface area contributed by atoms with E-state index in [4.69, 9.17) is 0 Å². The van der Waals surface area contributed by atoms with Crippen molar-refractivity contribution in [3.63, 3.8) is 0 Å². The van der Waals surface area contributed by atoms with E-state index < -0.39 is 11.5 Å². The first-order chi connectivity index (χ1) is 10.8. The SMILES string of the molecule is COC(=O)Cn1cc(C#N)c(-c2cccc(SC(F)(F)F)c2)c1. The van der Waals surface area contributed by atoms with Gasteiger partial charge in [-0.2, -0.15) is 18.4 Å². The average Bonchev–Trinajstić information content (AvgIpc) is 2.88. The number of carbonyl (C=O) groups is 1. The third-order valence-corrected chi connectivity index (χ3v) is 3.64. The van der Waals surface area contributed by atoms with Crippen molar-refractivity contribution < 1.29 is 22.7 Å². The molecule has 0 spiro atoms. The standard InChI is InChI=1S/C15H11F3N2O2S/c1-22-14(21)9-20-7-11(6-19)13(8-20)10-3-2-4-12(5-10)23-15(16,17)18/h2-5,7-8H,9H2,1H3. The topological polar surface area (TPSA) is 55.0 Å². The van der Waals surface area contributed by atoms with Crippen molar-refractivity contribution in [3.8, 4) is 17.2 Å². The number of ether oxygens (including phenoxy) is 1. The van der Waals surface area contributed by atoms with Crippen LogP contribution in [-0.2, 0) is 16.1 Å². The number of nitriles is 1. The highest BCUT2D eigenvalue weighted by Gasteiger charge is 2.29. The number of nitrogens with zero attached hydrogens (tertiary/aromatic N) is 2. The van der Waals surface area contributed by atoms with Crippen LogP contribution >= 0.6 is 11.8 Å². The van der Waals surface area contributed by atoms with Gasteiger partial charge in [0, 0.05) is 22.9 Å². The third-order valence-electron chi connectivity index (χ3n) is 2.92. The van der Waals surface area contributed by atoms with E-state index in [-0.39, 0.29) is 28.8 Å². The van der Waals surface area contributed by atoms with Gasteiger partial charge in [0.05, 0.1) is 12.7 Å². The van der Waals surface area contributed by atoms with Crippen LogP contribution in [0.4, 0.5) is 13.2 Å². The summed E-state index contributed by atoms with van der Waals surface area (Å²) in [5.41, 5.74) is -3.18. The Hall–Kier alpha value is -2.40. The molecule has 0 saturated heterocycles. The van der Waals surface area contributed by atoms with Crippen LogP contribution in [0.2, 0.25) is 0 Å². The highest BCUT2D eigenvalue weighted by Crippen LogP contribution is 2.38. The van der Waals surface area contributed by atoms with Crippen LogP contribution < -0.4 is 0 Å². The Bertz CT molecular complexity index is 763. The van der Waals surface area contributed by atoms with Gasteiger partial charge in [0.25, 0.3) is 0 Å². The predicted octanol–water partition coefficient (Wildman–Crippen LogP) is 3.81. The maximum atomic E-state index is 12.5. The minimum atomic E-state index is -4.38. The summed E-state index contributed by atoms with van der Waals surface area (Å²) >= 11 is -0.220. The molecule has 0 bridgehead atoms. The van der Waals surface area contributed by atoms with Gasteiger partial charge in [-0.25, -0.2) is 0 Å². The quantitative estimate of drug-likeness (QED) is 0.627. The van der Waals surface area contributed by atoms with Crippen molar-refractivity contribution >= 4 is 17.7 Å². The first kappa shape index (κ1) is 17.0. The number of hydrogen-bond acceptors (Lipinski definition) is 4. The highest BCUT2D eigenvalue weighted by atomic mass is 32.2. The lowest BCUT2D eigenvalue weighted by Gasteiger charge is -2.07. The second kappa shape index (κ2) is 6.79. The number of hydrogen-bond donors (Lipinski definition) is 0. The van der Waals surface area contributed by atoms with Crippen molar-refractivity contribution in [3.05, 3.63) is 42.2 Å². The highest BCUT2D eigenvalue weighted by molar-refractivity contribution is 8.00. The normalized spacial score (nSPS) is 11.1. The fourth-order valence-corrected chi connectivity index (χ4v) is 2.59. The molecule has 0 radical (unpaired) electrons. The Kier molecular flexibility index (Phi) is 5.01. The van der Waals surface area contributed by atoms with Gasteiger partial charge in [0.1, 0.15) is 12.6 Å². The van der Waals surface area contributed by atoms with Gasteiger partial charge in [-0.15, -0.1) is 0 Å². The molecule has 0 aliphatic carbocycles. The zero-order valence-corrected chi connectivity index (χ0v) is 12.7. The molecular weight excluding hydrogens is 329 g/mol. The van der Waals surface area contributed by atoms with Crippen LogP contribution in [0.5, 0.6) is 0 Å². The Morgan fingerprint density at radius 2 is 2.13 bits per heavy atom. The Balaban J connectivity index is 2.36. The van der Waals surface area contributed by atoms with Crippen LogP contribution in [0, 0.1) is 11.3 Å². The smallest absolute Gasteiger partial charge is 0.446 e. The van der Waals surface area contributed by atoms with Gasteiger partial charge < -0.3 is 9.30 Å². The molecule has 2 aromatic rings. The molecule has 0 fully saturated rings. The zero-order valence-electron chi connectivity index (χ0n) is 11.9. The lowest BCUT2D eigenvalue weighted by molar-refractivity contribution is -0.141. The Labute approximate surface area is 134 Å².